The third-order valence-electron chi connectivity index (χ3n) is 20.2. The Balaban J connectivity index is 0.000000122. The smallest absolute Gasteiger partial charge is 0.455 e. The van der Waals surface area contributed by atoms with Crippen molar-refractivity contribution >= 4 is 131 Å². The van der Waals surface area contributed by atoms with E-state index in [1.807, 2.05) is 206 Å². The van der Waals surface area contributed by atoms with Crippen molar-refractivity contribution in [3.8, 4) is 102 Å². The number of aromatic nitrogens is 10. The molecule has 8 aromatic heterocycles. The Morgan fingerprint density at radius 2 is 0.591 bits per heavy atom. The molecule has 12 aromatic carbocycles. The maximum Gasteiger partial charge on any atom is 0.496 e. The van der Waals surface area contributed by atoms with Crippen LogP contribution in [-0.2, 0) is 9.31 Å². The van der Waals surface area contributed by atoms with Gasteiger partial charge in [0.05, 0.1) is 54.2 Å². The van der Waals surface area contributed by atoms with Crippen molar-refractivity contribution in [3.05, 3.63) is 309 Å². The first-order valence-corrected chi connectivity index (χ1v) is 38.1. The first-order valence-electron chi connectivity index (χ1n) is 36.1. The van der Waals surface area contributed by atoms with Gasteiger partial charge in [0.1, 0.15) is 22.3 Å². The first kappa shape index (κ1) is 67.7. The van der Waals surface area contributed by atoms with Crippen LogP contribution in [-0.4, -0.2) is 68.2 Å². The minimum Gasteiger partial charge on any atom is -0.455 e. The second kappa shape index (κ2) is 28.0. The molecule has 9 heterocycles. The van der Waals surface area contributed by atoms with Gasteiger partial charge >= 0.3 is 7.12 Å². The van der Waals surface area contributed by atoms with Gasteiger partial charge in [-0.05, 0) is 69.6 Å². The molecule has 0 radical (unpaired) electrons. The number of furan rings is 2. The zero-order valence-electron chi connectivity index (χ0n) is 59.7. The second-order valence-electron chi connectivity index (χ2n) is 27.7. The van der Waals surface area contributed by atoms with Crippen LogP contribution in [0.3, 0.4) is 0 Å². The van der Waals surface area contributed by atoms with E-state index in [0.717, 1.165) is 151 Å². The Kier molecular flexibility index (Phi) is 17.3. The number of hydrogen-bond acceptors (Lipinski definition) is 16. The molecule has 0 saturated carbocycles. The number of para-hydroxylation sites is 4. The van der Waals surface area contributed by atoms with Gasteiger partial charge in [-0.15, -0.1) is 22.7 Å². The van der Waals surface area contributed by atoms with E-state index in [-0.39, 0.29) is 5.28 Å². The summed E-state index contributed by atoms with van der Waals surface area (Å²) in [5.41, 5.74) is 15.4. The van der Waals surface area contributed by atoms with Crippen molar-refractivity contribution in [2.45, 2.75) is 38.9 Å². The summed E-state index contributed by atoms with van der Waals surface area (Å²) in [7, 11) is -0.464. The van der Waals surface area contributed by atoms with E-state index in [1.165, 1.54) is 0 Å². The van der Waals surface area contributed by atoms with Gasteiger partial charge in [0.25, 0.3) is 0 Å². The van der Waals surface area contributed by atoms with Crippen molar-refractivity contribution in [3.63, 3.8) is 0 Å². The maximum atomic E-state index is 6.48. The fourth-order valence-electron chi connectivity index (χ4n) is 14.1. The Bertz CT molecular complexity index is 6760. The van der Waals surface area contributed by atoms with Crippen LogP contribution in [0.25, 0.3) is 187 Å². The molecular formula is C92H62BClN10O4S2. The van der Waals surface area contributed by atoms with Crippen molar-refractivity contribution in [2.75, 3.05) is 0 Å². The van der Waals surface area contributed by atoms with Crippen molar-refractivity contribution < 1.29 is 18.1 Å². The lowest BCUT2D eigenvalue weighted by atomic mass is 9.78. The molecule has 1 fully saturated rings. The normalized spacial score (nSPS) is 13.2. The number of nitrogens with zero attached hydrogens (tertiary/aromatic N) is 10. The fraction of sp³-hybridized carbons (Fsp3) is 0.0652. The molecule has 0 atom stereocenters. The Morgan fingerprint density at radius 1 is 0.273 bits per heavy atom. The van der Waals surface area contributed by atoms with Gasteiger partial charge in [0.2, 0.25) is 5.28 Å². The largest absolute Gasteiger partial charge is 0.496 e. The third kappa shape index (κ3) is 12.5. The molecule has 0 amide bonds. The number of thiophene rings is 2. The minimum atomic E-state index is -0.464. The first-order chi connectivity index (χ1) is 53.9. The van der Waals surface area contributed by atoms with Gasteiger partial charge in [0.15, 0.2) is 40.8 Å². The van der Waals surface area contributed by atoms with Crippen LogP contribution in [0, 0.1) is 0 Å². The second-order valence-corrected chi connectivity index (χ2v) is 30.0. The molecule has 1 aliphatic rings. The number of fused-ring (bicyclic) bond motifs is 12. The number of benzene rings is 12. The van der Waals surface area contributed by atoms with Gasteiger partial charge < -0.3 is 18.1 Å². The number of rotatable bonds is 10. The summed E-state index contributed by atoms with van der Waals surface area (Å²) in [6.45, 7) is 8.34. The number of halogens is 1. The average Bonchev–Trinajstić information content (AvgIpc) is 1.58. The van der Waals surface area contributed by atoms with Crippen LogP contribution < -0.4 is 5.46 Å². The van der Waals surface area contributed by atoms with Crippen LogP contribution in [0.1, 0.15) is 27.7 Å². The third-order valence-corrected chi connectivity index (χ3v) is 22.9. The number of hydrogen-bond donors (Lipinski definition) is 0. The van der Waals surface area contributed by atoms with Gasteiger partial charge in [-0.3, -0.25) is 0 Å². The van der Waals surface area contributed by atoms with E-state index >= 15 is 0 Å². The summed E-state index contributed by atoms with van der Waals surface area (Å²) in [6, 6.07) is 101. The summed E-state index contributed by atoms with van der Waals surface area (Å²) in [5.74, 6) is 4.28. The van der Waals surface area contributed by atoms with Crippen LogP contribution in [0.15, 0.2) is 312 Å². The van der Waals surface area contributed by atoms with Gasteiger partial charge in [-0.25, -0.2) is 39.9 Å². The molecule has 0 N–H and O–H groups in total. The highest BCUT2D eigenvalue weighted by Crippen LogP contribution is 2.47. The standard InChI is InChI=1S/C43H25N5OS.C34H27BN2O3S.C15H10ClN3/c1-4-14-26(15-5-1)35-39-36(45-42(44-35)32-23-12-21-30-29-20-10-11-25-34(29)49-37(30)32)31-22-13-24-33(38(31)50-39)43-47-40(27-16-6-2-7-17-27)46-41(48-43)28-18-8-3-9-19-28;1-33(2)34(3,4)40-35(39-33)25-18-11-16-23-28-31(41-30(23)25)27(20-12-6-5-7-13-20)36-32(37-28)24-17-10-15-22-21-14-8-9-19-26(21)38-29(22)24;16-15-18-13(11-7-3-1-4-8-11)17-14(19-15)12-9-5-2-6-10-12/h1-25H;5-19H,1-4H3;1-10H. The quantitative estimate of drug-likeness (QED) is 0.118. The van der Waals surface area contributed by atoms with E-state index in [9.17, 15) is 0 Å². The predicted molar refractivity (Wildman–Crippen MR) is 447 cm³/mol. The highest BCUT2D eigenvalue weighted by Gasteiger charge is 2.52. The summed E-state index contributed by atoms with van der Waals surface area (Å²) >= 11 is 9.36. The Morgan fingerprint density at radius 3 is 1.02 bits per heavy atom. The summed E-state index contributed by atoms with van der Waals surface area (Å²) in [6.07, 6.45) is 0. The molecule has 14 nitrogen and oxygen atoms in total. The lowest BCUT2D eigenvalue weighted by Crippen LogP contribution is -2.41. The Hall–Kier alpha value is -12.9. The van der Waals surface area contributed by atoms with Gasteiger partial charge in [-0.1, -0.05) is 273 Å². The van der Waals surface area contributed by atoms with Crippen LogP contribution >= 0.6 is 34.3 Å². The SMILES string of the molecule is CC1(C)OB(c2cccc3c2sc2c(-c4ccccc4)nc(-c4cccc5c4oc4ccccc45)nc23)OC1(C)C.Clc1nc(-c2ccccc2)nc(-c2ccccc2)n1.c1ccc(-c2nc(-c3ccccc3)nc(-c3cccc4c3sc3c(-c5ccccc5)nc(-c5cccc6c5oc5ccccc56)nc34)n2)cc1. The zero-order chi connectivity index (χ0) is 74.0. The van der Waals surface area contributed by atoms with Gasteiger partial charge in [0, 0.05) is 86.1 Å². The van der Waals surface area contributed by atoms with Crippen molar-refractivity contribution in [1.82, 2.24) is 49.8 Å². The van der Waals surface area contributed by atoms with E-state index in [1.54, 1.807) is 22.7 Å². The molecule has 0 bridgehead atoms. The van der Waals surface area contributed by atoms with Gasteiger partial charge in [-0.2, -0.15) is 9.97 Å². The maximum absolute atomic E-state index is 6.48. The molecule has 18 heteroatoms. The van der Waals surface area contributed by atoms with Crippen LogP contribution in [0.2, 0.25) is 5.28 Å². The van der Waals surface area contributed by atoms with E-state index < -0.39 is 18.3 Å². The lowest BCUT2D eigenvalue weighted by molar-refractivity contribution is 0.00578. The van der Waals surface area contributed by atoms with E-state index in [2.05, 4.69) is 140 Å². The molecule has 110 heavy (non-hydrogen) atoms. The topological polar surface area (TPSA) is 174 Å². The molecule has 20 aromatic rings. The molecule has 0 unspecified atom stereocenters. The molecule has 1 saturated heterocycles. The minimum absolute atomic E-state index is 0.202. The highest BCUT2D eigenvalue weighted by atomic mass is 35.5. The Labute approximate surface area is 644 Å². The molecule has 1 aliphatic heterocycles. The predicted octanol–water partition coefficient (Wildman–Crippen LogP) is 23.5. The monoisotopic (exact) mass is 1480 g/mol. The molecule has 526 valence electrons. The molecular weight excluding hydrogens is 1420 g/mol. The van der Waals surface area contributed by atoms with E-state index in [4.69, 9.17) is 64.6 Å². The van der Waals surface area contributed by atoms with Crippen molar-refractivity contribution in [1.29, 1.82) is 0 Å². The fourth-order valence-corrected chi connectivity index (χ4v) is 16.8. The average molecular weight is 1480 g/mol. The van der Waals surface area contributed by atoms with Crippen LogP contribution in [0.4, 0.5) is 0 Å². The van der Waals surface area contributed by atoms with Crippen LogP contribution in [0.5, 0.6) is 0 Å². The molecule has 21 rings (SSSR count). The summed E-state index contributed by atoms with van der Waals surface area (Å²) < 4.78 is 29.9. The lowest BCUT2D eigenvalue weighted by Gasteiger charge is -2.32. The summed E-state index contributed by atoms with van der Waals surface area (Å²) in [5, 5.41) is 6.54. The van der Waals surface area contributed by atoms with E-state index in [0.29, 0.717) is 40.8 Å². The van der Waals surface area contributed by atoms with Crippen molar-refractivity contribution in [2.24, 2.45) is 0 Å². The molecule has 0 spiro atoms. The zero-order valence-corrected chi connectivity index (χ0v) is 62.1. The highest BCUT2D eigenvalue weighted by molar-refractivity contribution is 7.27. The molecule has 0 aliphatic carbocycles. The summed E-state index contributed by atoms with van der Waals surface area (Å²) in [4.78, 5) is 48.8.